The minimum Gasteiger partial charge on any atom is -0.478 e. The summed E-state index contributed by atoms with van der Waals surface area (Å²) in [6, 6.07) is 5.26. The van der Waals surface area contributed by atoms with Crippen molar-refractivity contribution < 1.29 is 9.90 Å². The fourth-order valence-electron chi connectivity index (χ4n) is 1.31. The fraction of sp³-hybridized carbons (Fsp3) is 0.200. The molecule has 0 unspecified atom stereocenters. The number of aryl methyl sites for hydroxylation is 1. The van der Waals surface area contributed by atoms with Crippen molar-refractivity contribution in [1.29, 1.82) is 5.26 Å². The first-order chi connectivity index (χ1) is 6.61. The predicted molar refractivity (Wildman–Crippen MR) is 55.5 cm³/mol. The molecule has 1 aromatic carbocycles. The molecule has 0 spiro atoms. The van der Waals surface area contributed by atoms with Crippen molar-refractivity contribution in [2.45, 2.75) is 12.3 Å². The molecule has 14 heavy (non-hydrogen) atoms. The van der Waals surface area contributed by atoms with Gasteiger partial charge in [0.05, 0.1) is 17.2 Å². The molecule has 1 aromatic rings. The van der Waals surface area contributed by atoms with Gasteiger partial charge in [0.15, 0.2) is 0 Å². The zero-order valence-corrected chi connectivity index (χ0v) is 9.13. The Bertz CT molecular complexity index is 421. The molecule has 4 heteroatoms. The number of rotatable bonds is 2. The largest absolute Gasteiger partial charge is 0.478 e. The van der Waals surface area contributed by atoms with Crippen LogP contribution in [-0.2, 0) is 5.33 Å². The second-order valence-corrected chi connectivity index (χ2v) is 3.39. The van der Waals surface area contributed by atoms with E-state index >= 15 is 0 Å². The Balaban J connectivity index is 3.53. The Morgan fingerprint density at radius 2 is 2.29 bits per heavy atom. The highest BCUT2D eigenvalue weighted by molar-refractivity contribution is 9.08. The van der Waals surface area contributed by atoms with Gasteiger partial charge in [-0.2, -0.15) is 5.26 Å². The number of carbonyl (C=O) groups is 1. The molecule has 72 valence electrons. The van der Waals surface area contributed by atoms with Gasteiger partial charge in [-0.1, -0.05) is 22.0 Å². The highest BCUT2D eigenvalue weighted by Gasteiger charge is 2.15. The van der Waals surface area contributed by atoms with Crippen molar-refractivity contribution in [1.82, 2.24) is 0 Å². The van der Waals surface area contributed by atoms with Crippen molar-refractivity contribution in [3.8, 4) is 6.07 Å². The Morgan fingerprint density at radius 1 is 1.64 bits per heavy atom. The van der Waals surface area contributed by atoms with E-state index in [4.69, 9.17) is 10.4 Å². The summed E-state index contributed by atoms with van der Waals surface area (Å²) in [6.45, 7) is 1.72. The monoisotopic (exact) mass is 253 g/mol. The molecule has 0 saturated carbocycles. The van der Waals surface area contributed by atoms with E-state index in [1.165, 1.54) is 0 Å². The normalized spacial score (nSPS) is 9.50. The molecular weight excluding hydrogens is 246 g/mol. The Kier molecular flexibility index (Phi) is 3.26. The number of nitrogens with zero attached hydrogens (tertiary/aromatic N) is 1. The lowest BCUT2D eigenvalue weighted by atomic mass is 9.98. The topological polar surface area (TPSA) is 61.1 Å². The van der Waals surface area contributed by atoms with Gasteiger partial charge in [0.25, 0.3) is 0 Å². The molecule has 0 bridgehead atoms. The Hall–Kier alpha value is -1.34. The summed E-state index contributed by atoms with van der Waals surface area (Å²) in [5, 5.41) is 18.1. The predicted octanol–water partition coefficient (Wildman–Crippen LogP) is 2.46. The molecule has 0 aliphatic carbocycles. The lowest BCUT2D eigenvalue weighted by molar-refractivity contribution is 0.0695. The van der Waals surface area contributed by atoms with Gasteiger partial charge in [-0.05, 0) is 24.1 Å². The van der Waals surface area contributed by atoms with Gasteiger partial charge < -0.3 is 5.11 Å². The Labute approximate surface area is 90.1 Å². The number of alkyl halides is 1. The van der Waals surface area contributed by atoms with E-state index in [2.05, 4.69) is 15.9 Å². The Morgan fingerprint density at radius 3 is 2.71 bits per heavy atom. The second kappa shape index (κ2) is 4.25. The third kappa shape index (κ3) is 1.78. The number of benzene rings is 1. The van der Waals surface area contributed by atoms with Gasteiger partial charge in [0.2, 0.25) is 0 Å². The third-order valence-electron chi connectivity index (χ3n) is 1.99. The molecule has 0 aromatic heterocycles. The van der Waals surface area contributed by atoms with E-state index in [0.29, 0.717) is 22.0 Å². The highest BCUT2D eigenvalue weighted by atomic mass is 79.9. The first-order valence-electron chi connectivity index (χ1n) is 3.93. The maximum absolute atomic E-state index is 10.9. The summed E-state index contributed by atoms with van der Waals surface area (Å²) in [7, 11) is 0. The summed E-state index contributed by atoms with van der Waals surface area (Å²) < 4.78 is 0. The van der Waals surface area contributed by atoms with Crippen LogP contribution in [0.4, 0.5) is 0 Å². The van der Waals surface area contributed by atoms with E-state index in [0.717, 1.165) is 0 Å². The fourth-order valence-corrected chi connectivity index (χ4v) is 1.89. The van der Waals surface area contributed by atoms with E-state index in [1.807, 2.05) is 6.07 Å². The molecule has 3 nitrogen and oxygen atoms in total. The van der Waals surface area contributed by atoms with E-state index in [-0.39, 0.29) is 5.56 Å². The number of aromatic carboxylic acids is 1. The molecule has 1 N–H and O–H groups in total. The van der Waals surface area contributed by atoms with E-state index in [9.17, 15) is 4.79 Å². The second-order valence-electron chi connectivity index (χ2n) is 2.83. The van der Waals surface area contributed by atoms with Gasteiger partial charge in [-0.25, -0.2) is 4.79 Å². The smallest absolute Gasteiger partial charge is 0.336 e. The first-order valence-corrected chi connectivity index (χ1v) is 5.05. The van der Waals surface area contributed by atoms with Gasteiger partial charge in [-0.3, -0.25) is 0 Å². The minimum atomic E-state index is -0.992. The van der Waals surface area contributed by atoms with Crippen LogP contribution in [0, 0.1) is 18.3 Å². The molecule has 0 saturated heterocycles. The number of hydrogen-bond acceptors (Lipinski definition) is 2. The average Bonchev–Trinajstić information content (AvgIpc) is 2.16. The van der Waals surface area contributed by atoms with Crippen molar-refractivity contribution in [3.63, 3.8) is 0 Å². The molecule has 0 amide bonds. The third-order valence-corrected chi connectivity index (χ3v) is 2.55. The van der Waals surface area contributed by atoms with Crippen molar-refractivity contribution in [2.75, 3.05) is 0 Å². The van der Waals surface area contributed by atoms with Gasteiger partial charge in [-0.15, -0.1) is 0 Å². The number of nitriles is 1. The SMILES string of the molecule is Cc1ccc(C#N)c(CBr)c1C(=O)O. The van der Waals surface area contributed by atoms with Crippen LogP contribution in [0.2, 0.25) is 0 Å². The van der Waals surface area contributed by atoms with Gasteiger partial charge >= 0.3 is 5.97 Å². The molecule has 1 rings (SSSR count). The van der Waals surface area contributed by atoms with Crippen molar-refractivity contribution in [2.24, 2.45) is 0 Å². The summed E-state index contributed by atoms with van der Waals surface area (Å²) in [5.74, 6) is -0.992. The number of carboxylic acids is 1. The van der Waals surface area contributed by atoms with Crippen molar-refractivity contribution >= 4 is 21.9 Å². The van der Waals surface area contributed by atoms with Gasteiger partial charge in [0, 0.05) is 5.33 Å². The summed E-state index contributed by atoms with van der Waals surface area (Å²) in [5.41, 5.74) is 1.84. The molecular formula is C10H8BrNO2. The number of carboxylic acid groups (broad SMARTS) is 1. The molecule has 0 aliphatic heterocycles. The summed E-state index contributed by atoms with van der Waals surface area (Å²) in [6.07, 6.45) is 0. The van der Waals surface area contributed by atoms with Crippen LogP contribution < -0.4 is 0 Å². The quantitative estimate of drug-likeness (QED) is 0.824. The van der Waals surface area contributed by atoms with Crippen LogP contribution in [0.15, 0.2) is 12.1 Å². The molecule has 0 radical (unpaired) electrons. The van der Waals surface area contributed by atoms with E-state index < -0.39 is 5.97 Å². The zero-order valence-electron chi connectivity index (χ0n) is 7.54. The van der Waals surface area contributed by atoms with Crippen molar-refractivity contribution in [3.05, 3.63) is 34.4 Å². The van der Waals surface area contributed by atoms with Crippen LogP contribution in [-0.4, -0.2) is 11.1 Å². The average molecular weight is 254 g/mol. The molecule has 0 fully saturated rings. The van der Waals surface area contributed by atoms with Crippen LogP contribution in [0.3, 0.4) is 0 Å². The maximum atomic E-state index is 10.9. The number of halogens is 1. The maximum Gasteiger partial charge on any atom is 0.336 e. The summed E-state index contributed by atoms with van der Waals surface area (Å²) >= 11 is 3.19. The number of hydrogen-bond donors (Lipinski definition) is 1. The first kappa shape index (κ1) is 10.7. The summed E-state index contributed by atoms with van der Waals surface area (Å²) in [4.78, 5) is 10.9. The standard InChI is InChI=1S/C10H8BrNO2/c1-6-2-3-7(5-12)8(4-11)9(6)10(13)14/h2-3H,4H2,1H3,(H,13,14). The van der Waals surface area contributed by atoms with Crippen LogP contribution in [0.25, 0.3) is 0 Å². The van der Waals surface area contributed by atoms with Crippen LogP contribution in [0.1, 0.15) is 27.0 Å². The lowest BCUT2D eigenvalue weighted by Crippen LogP contribution is -2.06. The molecule has 0 atom stereocenters. The molecule has 0 heterocycles. The lowest BCUT2D eigenvalue weighted by Gasteiger charge is -2.07. The zero-order chi connectivity index (χ0) is 10.7. The van der Waals surface area contributed by atoms with E-state index in [1.54, 1.807) is 19.1 Å². The van der Waals surface area contributed by atoms with Crippen LogP contribution in [0.5, 0.6) is 0 Å². The van der Waals surface area contributed by atoms with Crippen LogP contribution >= 0.6 is 15.9 Å². The highest BCUT2D eigenvalue weighted by Crippen LogP contribution is 2.21. The molecule has 0 aliphatic rings. The van der Waals surface area contributed by atoms with Gasteiger partial charge in [0.1, 0.15) is 0 Å². The minimum absolute atomic E-state index is 0.223.